The lowest BCUT2D eigenvalue weighted by molar-refractivity contribution is -0.132. The number of anilines is 1. The zero-order chi connectivity index (χ0) is 22.1. The summed E-state index contributed by atoms with van der Waals surface area (Å²) in [7, 11) is 0. The van der Waals surface area contributed by atoms with Gasteiger partial charge in [0.1, 0.15) is 17.3 Å². The molecule has 8 heteroatoms. The Hall–Kier alpha value is -3.58. The molecule has 0 spiro atoms. The monoisotopic (exact) mass is 438 g/mol. The zero-order valence-electron chi connectivity index (χ0n) is 16.8. The van der Waals surface area contributed by atoms with Crippen LogP contribution in [0.5, 0.6) is 5.75 Å². The van der Waals surface area contributed by atoms with E-state index in [-0.39, 0.29) is 17.2 Å². The van der Waals surface area contributed by atoms with E-state index in [2.05, 4.69) is 5.16 Å². The Bertz CT molecular complexity index is 1180. The van der Waals surface area contributed by atoms with E-state index >= 15 is 0 Å². The second kappa shape index (κ2) is 8.28. The predicted molar refractivity (Wildman–Crippen MR) is 115 cm³/mol. The molecule has 158 valence electrons. The molecule has 2 aromatic carbocycles. The summed E-state index contributed by atoms with van der Waals surface area (Å²) >= 11 is 6.17. The van der Waals surface area contributed by atoms with Gasteiger partial charge in [-0.3, -0.25) is 14.5 Å². The number of Topliss-reactive ketones (excluding diaryl/α,β-unsaturated/α-hetero) is 1. The molecule has 0 radical (unpaired) electrons. The molecular weight excluding hydrogens is 420 g/mol. The molecule has 1 atom stereocenters. The summed E-state index contributed by atoms with van der Waals surface area (Å²) in [5.41, 5.74) is 0.877. The van der Waals surface area contributed by atoms with Gasteiger partial charge in [-0.2, -0.15) is 0 Å². The van der Waals surface area contributed by atoms with Crippen molar-refractivity contribution in [1.29, 1.82) is 0 Å². The quantitative estimate of drug-likeness (QED) is 0.354. The normalized spacial score (nSPS) is 17.9. The number of ketones is 1. The number of aliphatic hydroxyl groups is 1. The lowest BCUT2D eigenvalue weighted by Crippen LogP contribution is -2.29. The number of rotatable bonds is 5. The zero-order valence-corrected chi connectivity index (χ0v) is 17.6. The first-order valence-corrected chi connectivity index (χ1v) is 10.0. The van der Waals surface area contributed by atoms with Crippen LogP contribution in [0.3, 0.4) is 0 Å². The van der Waals surface area contributed by atoms with Crippen LogP contribution in [0, 0.1) is 6.92 Å². The van der Waals surface area contributed by atoms with Crippen LogP contribution in [-0.2, 0) is 9.59 Å². The third kappa shape index (κ3) is 3.80. The third-order valence-electron chi connectivity index (χ3n) is 4.91. The first kappa shape index (κ1) is 20.7. The minimum absolute atomic E-state index is 0.0583. The molecule has 0 bridgehead atoms. The summed E-state index contributed by atoms with van der Waals surface area (Å²) in [4.78, 5) is 27.2. The largest absolute Gasteiger partial charge is 0.507 e. The molecule has 4 rings (SSSR count). The van der Waals surface area contributed by atoms with E-state index in [0.29, 0.717) is 34.3 Å². The molecular formula is C23H19ClN2O5. The van der Waals surface area contributed by atoms with Crippen LogP contribution in [-0.4, -0.2) is 28.6 Å². The number of aryl methyl sites for hydroxylation is 1. The lowest BCUT2D eigenvalue weighted by atomic mass is 9.95. The third-order valence-corrected chi connectivity index (χ3v) is 5.15. The van der Waals surface area contributed by atoms with E-state index in [1.807, 2.05) is 6.92 Å². The van der Waals surface area contributed by atoms with Crippen LogP contribution in [0.25, 0.3) is 5.76 Å². The molecule has 1 saturated heterocycles. The number of hydrogen-bond donors (Lipinski definition) is 1. The van der Waals surface area contributed by atoms with Crippen LogP contribution >= 0.6 is 11.6 Å². The van der Waals surface area contributed by atoms with Crippen LogP contribution in [0.2, 0.25) is 5.02 Å². The molecule has 31 heavy (non-hydrogen) atoms. The van der Waals surface area contributed by atoms with Gasteiger partial charge in [0.2, 0.25) is 0 Å². The maximum Gasteiger partial charge on any atom is 0.301 e. The molecule has 1 fully saturated rings. The first-order valence-electron chi connectivity index (χ1n) is 9.63. The summed E-state index contributed by atoms with van der Waals surface area (Å²) in [5.74, 6) is -0.649. The Morgan fingerprint density at radius 3 is 2.55 bits per heavy atom. The van der Waals surface area contributed by atoms with Crippen molar-refractivity contribution in [2.24, 2.45) is 0 Å². The number of aromatic nitrogens is 1. The number of nitrogens with zero attached hydrogens (tertiary/aromatic N) is 2. The second-order valence-electron chi connectivity index (χ2n) is 6.98. The van der Waals surface area contributed by atoms with Gasteiger partial charge in [0.05, 0.1) is 18.2 Å². The molecule has 0 aliphatic carbocycles. The fourth-order valence-corrected chi connectivity index (χ4v) is 3.76. The molecule has 0 unspecified atom stereocenters. The van der Waals surface area contributed by atoms with Crippen molar-refractivity contribution >= 4 is 34.9 Å². The van der Waals surface area contributed by atoms with Crippen LogP contribution in [0.4, 0.5) is 5.82 Å². The summed E-state index contributed by atoms with van der Waals surface area (Å²) < 4.78 is 10.5. The van der Waals surface area contributed by atoms with Crippen molar-refractivity contribution in [3.05, 3.63) is 82.1 Å². The number of benzene rings is 2. The van der Waals surface area contributed by atoms with Crippen LogP contribution in [0.15, 0.2) is 64.7 Å². The Labute approximate surface area is 183 Å². The number of carbonyl (C=O) groups is 2. The number of aliphatic hydroxyl groups excluding tert-OH is 1. The topological polar surface area (TPSA) is 92.9 Å². The molecule has 1 N–H and O–H groups in total. The Morgan fingerprint density at radius 2 is 1.94 bits per heavy atom. The first-order chi connectivity index (χ1) is 14.9. The fraction of sp³-hybridized carbons (Fsp3) is 0.174. The molecule has 1 aromatic heterocycles. The number of halogens is 1. The maximum absolute atomic E-state index is 13.0. The van der Waals surface area contributed by atoms with Gasteiger partial charge in [0.25, 0.3) is 5.78 Å². The minimum atomic E-state index is -0.922. The van der Waals surface area contributed by atoms with Gasteiger partial charge < -0.3 is 14.4 Å². The number of amides is 1. The summed E-state index contributed by atoms with van der Waals surface area (Å²) in [6.45, 7) is 4.05. The number of ether oxygens (including phenoxy) is 1. The Kier molecular flexibility index (Phi) is 5.52. The highest BCUT2D eigenvalue weighted by molar-refractivity contribution is 6.51. The van der Waals surface area contributed by atoms with Crippen molar-refractivity contribution < 1.29 is 24.0 Å². The fourth-order valence-electron chi connectivity index (χ4n) is 3.56. The van der Waals surface area contributed by atoms with Gasteiger partial charge in [-0.15, -0.1) is 0 Å². The number of hydrogen-bond acceptors (Lipinski definition) is 6. The molecule has 2 heterocycles. The average molecular weight is 439 g/mol. The Morgan fingerprint density at radius 1 is 1.19 bits per heavy atom. The van der Waals surface area contributed by atoms with Gasteiger partial charge in [-0.25, -0.2) is 0 Å². The highest BCUT2D eigenvalue weighted by Crippen LogP contribution is 2.42. The molecule has 1 aliphatic rings. The predicted octanol–water partition coefficient (Wildman–Crippen LogP) is 4.66. The second-order valence-corrected chi connectivity index (χ2v) is 7.41. The number of carbonyl (C=O) groups excluding carboxylic acids is 2. The van der Waals surface area contributed by atoms with Gasteiger partial charge in [0.15, 0.2) is 5.82 Å². The van der Waals surface area contributed by atoms with E-state index < -0.39 is 17.7 Å². The van der Waals surface area contributed by atoms with Gasteiger partial charge >= 0.3 is 5.91 Å². The highest BCUT2D eigenvalue weighted by atomic mass is 35.5. The Balaban J connectivity index is 1.89. The van der Waals surface area contributed by atoms with Gasteiger partial charge in [-0.05, 0) is 55.8 Å². The molecule has 3 aromatic rings. The molecule has 1 amide bonds. The van der Waals surface area contributed by atoms with Crippen molar-refractivity contribution in [1.82, 2.24) is 5.16 Å². The van der Waals surface area contributed by atoms with E-state index in [1.54, 1.807) is 61.5 Å². The smallest absolute Gasteiger partial charge is 0.301 e. The molecule has 7 nitrogen and oxygen atoms in total. The van der Waals surface area contributed by atoms with E-state index in [0.717, 1.165) is 0 Å². The van der Waals surface area contributed by atoms with Gasteiger partial charge in [0, 0.05) is 16.7 Å². The molecule has 0 saturated carbocycles. The maximum atomic E-state index is 13.0. The van der Waals surface area contributed by atoms with E-state index in [1.165, 1.54) is 4.90 Å². The lowest BCUT2D eigenvalue weighted by Gasteiger charge is -2.23. The van der Waals surface area contributed by atoms with Crippen molar-refractivity contribution in [3.63, 3.8) is 0 Å². The van der Waals surface area contributed by atoms with Crippen molar-refractivity contribution in [2.45, 2.75) is 19.9 Å². The van der Waals surface area contributed by atoms with Crippen molar-refractivity contribution in [2.75, 3.05) is 11.5 Å². The van der Waals surface area contributed by atoms with Crippen molar-refractivity contribution in [3.8, 4) is 5.75 Å². The minimum Gasteiger partial charge on any atom is -0.507 e. The summed E-state index contributed by atoms with van der Waals surface area (Å²) in [6.07, 6.45) is 0. The standard InChI is InChI=1S/C23H19ClN2O5/c1-3-30-17-9-7-14(8-10-17)21(27)19-20(15-5-4-6-16(24)12-15)26(23(29)22(19)28)18-11-13(2)31-25-18/h4-12,20,27H,3H2,1-2H3/b21-19+/t20-/m1/s1. The van der Waals surface area contributed by atoms with Gasteiger partial charge in [-0.1, -0.05) is 28.9 Å². The molecule has 1 aliphatic heterocycles. The average Bonchev–Trinajstić information content (AvgIpc) is 3.29. The summed E-state index contributed by atoms with van der Waals surface area (Å²) in [6, 6.07) is 14.0. The SMILES string of the molecule is CCOc1ccc(/C(O)=C2\C(=O)C(=O)N(c3cc(C)on3)[C@@H]2c2cccc(Cl)c2)cc1. The van der Waals surface area contributed by atoms with E-state index in [9.17, 15) is 14.7 Å². The van der Waals surface area contributed by atoms with Crippen LogP contribution < -0.4 is 9.64 Å². The van der Waals surface area contributed by atoms with E-state index in [4.69, 9.17) is 20.9 Å². The summed E-state index contributed by atoms with van der Waals surface area (Å²) in [5, 5.41) is 15.4. The highest BCUT2D eigenvalue weighted by Gasteiger charge is 2.48. The van der Waals surface area contributed by atoms with Crippen LogP contribution in [0.1, 0.15) is 29.9 Å².